The molecule has 0 saturated carbocycles. The Bertz CT molecular complexity index is 169. The van der Waals surface area contributed by atoms with Crippen molar-refractivity contribution in [3.63, 3.8) is 0 Å². The van der Waals surface area contributed by atoms with Gasteiger partial charge in [-0.2, -0.15) is 0 Å². The van der Waals surface area contributed by atoms with Crippen molar-refractivity contribution in [1.82, 2.24) is 4.90 Å². The quantitative estimate of drug-likeness (QED) is 0.657. The molecule has 0 aliphatic heterocycles. The summed E-state index contributed by atoms with van der Waals surface area (Å²) in [6.45, 7) is 9.28. The van der Waals surface area contributed by atoms with E-state index in [9.17, 15) is 4.79 Å². The van der Waals surface area contributed by atoms with Crippen LogP contribution in [0.1, 0.15) is 34.1 Å². The van der Waals surface area contributed by atoms with Gasteiger partial charge in [0.1, 0.15) is 0 Å². The van der Waals surface area contributed by atoms with Crippen molar-refractivity contribution in [2.24, 2.45) is 5.92 Å². The van der Waals surface area contributed by atoms with Crippen LogP contribution in [0.5, 0.6) is 0 Å². The van der Waals surface area contributed by atoms with Gasteiger partial charge in [-0.25, -0.2) is 0 Å². The summed E-state index contributed by atoms with van der Waals surface area (Å²) in [4.78, 5) is 13.5. The van der Waals surface area contributed by atoms with Gasteiger partial charge in [0.05, 0.1) is 18.6 Å². The molecule has 0 radical (unpaired) electrons. The minimum atomic E-state index is -0.0334. The summed E-state index contributed by atoms with van der Waals surface area (Å²) in [5, 5.41) is 0. The van der Waals surface area contributed by atoms with Gasteiger partial charge in [0.2, 0.25) is 5.91 Å². The highest BCUT2D eigenvalue weighted by Gasteiger charge is 2.17. The van der Waals surface area contributed by atoms with Crippen molar-refractivity contribution in [3.05, 3.63) is 0 Å². The molecule has 0 fully saturated rings. The lowest BCUT2D eigenvalue weighted by Gasteiger charge is -2.21. The predicted octanol–water partition coefficient (Wildman–Crippen LogP) is 1.92. The normalized spacial score (nSPS) is 13.0. The van der Waals surface area contributed by atoms with Crippen molar-refractivity contribution in [1.29, 1.82) is 0 Å². The van der Waals surface area contributed by atoms with Crippen LogP contribution in [0.3, 0.4) is 0 Å². The summed E-state index contributed by atoms with van der Waals surface area (Å²) in [6, 6.07) is 0. The van der Waals surface area contributed by atoms with Gasteiger partial charge in [0.25, 0.3) is 0 Å². The van der Waals surface area contributed by atoms with E-state index in [1.807, 2.05) is 27.8 Å². The largest absolute Gasteiger partial charge is 0.378 e. The fraction of sp³-hybridized carbons (Fsp3) is 0.909. The molecule has 1 atom stereocenters. The molecular formula is C11H23NO2. The Kier molecular flexibility index (Phi) is 6.54. The Balaban J connectivity index is 3.86. The summed E-state index contributed by atoms with van der Waals surface area (Å²) in [5.74, 6) is 0.140. The Morgan fingerprint density at radius 1 is 1.36 bits per heavy atom. The van der Waals surface area contributed by atoms with Gasteiger partial charge in [-0.1, -0.05) is 13.8 Å². The van der Waals surface area contributed by atoms with Gasteiger partial charge in [-0.3, -0.25) is 4.79 Å². The summed E-state index contributed by atoms with van der Waals surface area (Å²) in [6.07, 6.45) is 1.20. The molecule has 1 unspecified atom stereocenters. The van der Waals surface area contributed by atoms with Crippen LogP contribution in [0.15, 0.2) is 0 Å². The highest BCUT2D eigenvalue weighted by molar-refractivity contribution is 5.78. The van der Waals surface area contributed by atoms with Gasteiger partial charge in [0, 0.05) is 13.6 Å². The van der Waals surface area contributed by atoms with Crippen LogP contribution >= 0.6 is 0 Å². The van der Waals surface area contributed by atoms with E-state index in [2.05, 4.69) is 6.92 Å². The molecule has 14 heavy (non-hydrogen) atoms. The van der Waals surface area contributed by atoms with Crippen LogP contribution in [0, 0.1) is 5.92 Å². The molecule has 0 bridgehead atoms. The van der Waals surface area contributed by atoms with Gasteiger partial charge in [-0.15, -0.1) is 0 Å². The Labute approximate surface area is 87.4 Å². The maximum absolute atomic E-state index is 11.7. The number of carbonyl (C=O) groups excluding carboxylic acids is 1. The SMILES string of the molecule is CCCN(C)C(=O)C(C)COC(C)C. The van der Waals surface area contributed by atoms with Crippen molar-refractivity contribution in [2.75, 3.05) is 20.2 Å². The third-order valence-corrected chi connectivity index (χ3v) is 2.04. The first-order valence-electron chi connectivity index (χ1n) is 5.35. The molecule has 0 aromatic heterocycles. The molecular weight excluding hydrogens is 178 g/mol. The van der Waals surface area contributed by atoms with Crippen molar-refractivity contribution in [2.45, 2.75) is 40.2 Å². The second kappa shape index (κ2) is 6.82. The van der Waals surface area contributed by atoms with E-state index < -0.39 is 0 Å². The number of hydrogen-bond acceptors (Lipinski definition) is 2. The van der Waals surface area contributed by atoms with Crippen LogP contribution in [0.25, 0.3) is 0 Å². The van der Waals surface area contributed by atoms with Gasteiger partial charge < -0.3 is 9.64 Å². The predicted molar refractivity (Wildman–Crippen MR) is 58.2 cm³/mol. The van der Waals surface area contributed by atoms with Crippen molar-refractivity contribution in [3.8, 4) is 0 Å². The zero-order valence-corrected chi connectivity index (χ0v) is 10.0. The molecule has 0 aliphatic rings. The molecule has 1 amide bonds. The second-order valence-corrected chi connectivity index (χ2v) is 4.04. The van der Waals surface area contributed by atoms with E-state index in [0.717, 1.165) is 13.0 Å². The van der Waals surface area contributed by atoms with Crippen LogP contribution in [0.2, 0.25) is 0 Å². The lowest BCUT2D eigenvalue weighted by molar-refractivity contribution is -0.136. The Morgan fingerprint density at radius 3 is 2.36 bits per heavy atom. The standard InChI is InChI=1S/C11H23NO2/c1-6-7-12(5)11(13)10(4)8-14-9(2)3/h9-10H,6-8H2,1-5H3. The fourth-order valence-electron chi connectivity index (χ4n) is 1.23. The molecule has 0 N–H and O–H groups in total. The zero-order valence-electron chi connectivity index (χ0n) is 10.0. The molecule has 0 aromatic rings. The minimum Gasteiger partial charge on any atom is -0.378 e. The van der Waals surface area contributed by atoms with E-state index in [0.29, 0.717) is 6.61 Å². The third-order valence-electron chi connectivity index (χ3n) is 2.04. The summed E-state index contributed by atoms with van der Waals surface area (Å²) < 4.78 is 5.41. The topological polar surface area (TPSA) is 29.5 Å². The second-order valence-electron chi connectivity index (χ2n) is 4.04. The van der Waals surface area contributed by atoms with E-state index >= 15 is 0 Å². The monoisotopic (exact) mass is 201 g/mol. The highest BCUT2D eigenvalue weighted by Crippen LogP contribution is 2.04. The lowest BCUT2D eigenvalue weighted by Crippen LogP contribution is -2.34. The molecule has 84 valence electrons. The maximum Gasteiger partial charge on any atom is 0.227 e. The smallest absolute Gasteiger partial charge is 0.227 e. The zero-order chi connectivity index (χ0) is 11.1. The summed E-state index contributed by atoms with van der Waals surface area (Å²) in [5.41, 5.74) is 0. The summed E-state index contributed by atoms with van der Waals surface area (Å²) in [7, 11) is 1.84. The van der Waals surface area contributed by atoms with Crippen LogP contribution in [0.4, 0.5) is 0 Å². The van der Waals surface area contributed by atoms with Crippen LogP contribution in [-0.4, -0.2) is 37.1 Å². The molecule has 0 spiro atoms. The van der Waals surface area contributed by atoms with Crippen LogP contribution in [-0.2, 0) is 9.53 Å². The highest BCUT2D eigenvalue weighted by atomic mass is 16.5. The lowest BCUT2D eigenvalue weighted by atomic mass is 10.1. The number of carbonyl (C=O) groups is 1. The third kappa shape index (κ3) is 5.22. The number of amides is 1. The fourth-order valence-corrected chi connectivity index (χ4v) is 1.23. The molecule has 3 nitrogen and oxygen atoms in total. The number of ether oxygens (including phenoxy) is 1. The first-order chi connectivity index (χ1) is 6.49. The minimum absolute atomic E-state index is 0.0334. The Hall–Kier alpha value is -0.570. The molecule has 0 rings (SSSR count). The molecule has 0 saturated heterocycles. The number of nitrogens with zero attached hydrogens (tertiary/aromatic N) is 1. The van der Waals surface area contributed by atoms with Crippen molar-refractivity contribution < 1.29 is 9.53 Å². The van der Waals surface area contributed by atoms with E-state index in [1.54, 1.807) is 4.90 Å². The van der Waals surface area contributed by atoms with Gasteiger partial charge >= 0.3 is 0 Å². The molecule has 0 heterocycles. The van der Waals surface area contributed by atoms with E-state index in [-0.39, 0.29) is 17.9 Å². The number of hydrogen-bond donors (Lipinski definition) is 0. The molecule has 3 heteroatoms. The average molecular weight is 201 g/mol. The first kappa shape index (κ1) is 13.4. The van der Waals surface area contributed by atoms with Crippen LogP contribution < -0.4 is 0 Å². The maximum atomic E-state index is 11.7. The van der Waals surface area contributed by atoms with Gasteiger partial charge in [-0.05, 0) is 20.3 Å². The van der Waals surface area contributed by atoms with E-state index in [4.69, 9.17) is 4.74 Å². The molecule has 0 aromatic carbocycles. The summed E-state index contributed by atoms with van der Waals surface area (Å²) >= 11 is 0. The van der Waals surface area contributed by atoms with E-state index in [1.165, 1.54) is 0 Å². The number of rotatable bonds is 6. The van der Waals surface area contributed by atoms with Crippen molar-refractivity contribution >= 4 is 5.91 Å². The van der Waals surface area contributed by atoms with Gasteiger partial charge in [0.15, 0.2) is 0 Å². The average Bonchev–Trinajstić information content (AvgIpc) is 2.13. The molecule has 0 aliphatic carbocycles. The Morgan fingerprint density at radius 2 is 1.93 bits per heavy atom. The first-order valence-corrected chi connectivity index (χ1v) is 5.35.